The summed E-state index contributed by atoms with van der Waals surface area (Å²) in [6, 6.07) is 0. The van der Waals surface area contributed by atoms with Crippen LogP contribution in [0, 0.1) is 0 Å². The van der Waals surface area contributed by atoms with Crippen molar-refractivity contribution in [1.82, 2.24) is 0 Å². The van der Waals surface area contributed by atoms with Crippen LogP contribution in [0.1, 0.15) is 278 Å². The van der Waals surface area contributed by atoms with Crippen LogP contribution < -0.4 is 0 Å². The molecule has 0 saturated carbocycles. The van der Waals surface area contributed by atoms with E-state index >= 15 is 0 Å². The summed E-state index contributed by atoms with van der Waals surface area (Å²) < 4.78 is 17.4. The Morgan fingerprint density at radius 3 is 1.13 bits per heavy atom. The summed E-state index contributed by atoms with van der Waals surface area (Å²) in [5.41, 5.74) is 0. The van der Waals surface area contributed by atoms with Gasteiger partial charge in [0.25, 0.3) is 0 Å². The minimum Gasteiger partial charge on any atom is -0.462 e. The average molecular weight is 869 g/mol. The van der Waals surface area contributed by atoms with Crippen molar-refractivity contribution < 1.29 is 23.8 Å². The highest BCUT2D eigenvalue weighted by Gasteiger charge is 2.17. The van der Waals surface area contributed by atoms with Gasteiger partial charge in [0.05, 0.1) is 6.61 Å². The highest BCUT2D eigenvalue weighted by molar-refractivity contribution is 5.70. The molecule has 0 saturated heterocycles. The van der Waals surface area contributed by atoms with Gasteiger partial charge in [-0.2, -0.15) is 0 Å². The molecule has 0 aliphatic heterocycles. The van der Waals surface area contributed by atoms with E-state index in [1.54, 1.807) is 0 Å². The van der Waals surface area contributed by atoms with Crippen LogP contribution in [-0.4, -0.2) is 37.9 Å². The van der Waals surface area contributed by atoms with Gasteiger partial charge in [0.1, 0.15) is 6.61 Å². The van der Waals surface area contributed by atoms with E-state index in [0.717, 1.165) is 57.8 Å². The van der Waals surface area contributed by atoms with Gasteiger partial charge in [0.2, 0.25) is 0 Å². The maximum absolute atomic E-state index is 12.8. The fraction of sp³-hybridized carbons (Fsp3) is 0.825. The van der Waals surface area contributed by atoms with Gasteiger partial charge in [-0.1, -0.05) is 256 Å². The van der Waals surface area contributed by atoms with Gasteiger partial charge in [-0.25, -0.2) is 0 Å². The van der Waals surface area contributed by atoms with E-state index in [9.17, 15) is 9.59 Å². The van der Waals surface area contributed by atoms with Gasteiger partial charge in [-0.3, -0.25) is 9.59 Å². The maximum Gasteiger partial charge on any atom is 0.306 e. The monoisotopic (exact) mass is 869 g/mol. The molecular formula is C57H104O5. The molecule has 362 valence electrons. The predicted molar refractivity (Wildman–Crippen MR) is 270 cm³/mol. The third-order valence-corrected chi connectivity index (χ3v) is 11.9. The summed E-state index contributed by atoms with van der Waals surface area (Å²) in [6.07, 6.45) is 65.5. The molecule has 0 aliphatic rings. The van der Waals surface area contributed by atoms with Crippen molar-refractivity contribution in [3.8, 4) is 0 Å². The molecule has 0 aromatic heterocycles. The highest BCUT2D eigenvalue weighted by atomic mass is 16.6. The van der Waals surface area contributed by atoms with Crippen molar-refractivity contribution in [3.05, 3.63) is 48.6 Å². The molecular weight excluding hydrogens is 765 g/mol. The van der Waals surface area contributed by atoms with Crippen molar-refractivity contribution in [2.45, 2.75) is 284 Å². The fourth-order valence-electron chi connectivity index (χ4n) is 7.80. The molecule has 0 bridgehead atoms. The van der Waals surface area contributed by atoms with E-state index in [2.05, 4.69) is 69.4 Å². The fourth-order valence-corrected chi connectivity index (χ4v) is 7.80. The first-order valence-electron chi connectivity index (χ1n) is 27.2. The molecule has 0 aromatic rings. The second-order valence-electron chi connectivity index (χ2n) is 18.1. The number of rotatable bonds is 50. The molecule has 0 N–H and O–H groups in total. The molecule has 0 rings (SSSR count). The molecule has 0 aliphatic carbocycles. The van der Waals surface area contributed by atoms with Gasteiger partial charge in [0, 0.05) is 19.4 Å². The number of hydrogen-bond donors (Lipinski definition) is 0. The summed E-state index contributed by atoms with van der Waals surface area (Å²) in [7, 11) is 0. The van der Waals surface area contributed by atoms with Crippen LogP contribution in [0.5, 0.6) is 0 Å². The number of carbonyl (C=O) groups is 2. The standard InChI is InChI=1S/C57H104O5/c1-4-7-10-13-16-19-22-25-27-29-30-33-36-39-42-45-48-51-57(59)62-55(54-61-56(58)50-47-44-41-38-35-32-24-21-18-15-12-9-6-3)53-60-52-49-46-43-40-37-34-31-28-26-23-20-17-14-11-8-5-2/h16,19,25,27,30,33,39,42,55H,4-15,17-18,20-24,26,28-29,31-32,34-38,40-41,43-54H2,1-3H3/b19-16-,27-25-,33-30-,42-39-/t55-/m1/s1. The first kappa shape index (κ1) is 59.9. The quantitative estimate of drug-likeness (QED) is 0.0346. The van der Waals surface area contributed by atoms with Crippen molar-refractivity contribution in [1.29, 1.82) is 0 Å². The summed E-state index contributed by atoms with van der Waals surface area (Å²) >= 11 is 0. The number of carbonyl (C=O) groups excluding carboxylic acids is 2. The number of unbranched alkanes of at least 4 members (excludes halogenated alkanes) is 31. The van der Waals surface area contributed by atoms with E-state index in [1.165, 1.54) is 186 Å². The van der Waals surface area contributed by atoms with Crippen molar-refractivity contribution in [2.75, 3.05) is 19.8 Å². The van der Waals surface area contributed by atoms with Crippen LogP contribution in [0.2, 0.25) is 0 Å². The van der Waals surface area contributed by atoms with Crippen LogP contribution >= 0.6 is 0 Å². The molecule has 1 atom stereocenters. The molecule has 0 unspecified atom stereocenters. The molecule has 0 amide bonds. The SMILES string of the molecule is CCCCC/C=C\C/C=C\C/C=C\C/C=C\CCCC(=O)O[C@H](COCCCCCCCCCCCCCCCCCC)COC(=O)CCCCCCCCCCCCCCC. The predicted octanol–water partition coefficient (Wildman–Crippen LogP) is 18.3. The molecule has 0 heterocycles. The zero-order valence-corrected chi connectivity index (χ0v) is 41.6. The maximum atomic E-state index is 12.8. The lowest BCUT2D eigenvalue weighted by molar-refractivity contribution is -0.162. The highest BCUT2D eigenvalue weighted by Crippen LogP contribution is 2.16. The van der Waals surface area contributed by atoms with E-state index in [1.807, 2.05) is 0 Å². The van der Waals surface area contributed by atoms with Crippen LogP contribution in [0.3, 0.4) is 0 Å². The summed E-state index contributed by atoms with van der Waals surface area (Å²) in [5, 5.41) is 0. The Morgan fingerprint density at radius 1 is 0.355 bits per heavy atom. The molecule has 62 heavy (non-hydrogen) atoms. The van der Waals surface area contributed by atoms with Crippen LogP contribution in [0.15, 0.2) is 48.6 Å². The van der Waals surface area contributed by atoms with Crippen LogP contribution in [0.25, 0.3) is 0 Å². The summed E-state index contributed by atoms with van der Waals surface area (Å²) in [4.78, 5) is 25.4. The summed E-state index contributed by atoms with van der Waals surface area (Å²) in [5.74, 6) is -0.447. The molecule has 5 nitrogen and oxygen atoms in total. The van der Waals surface area contributed by atoms with Gasteiger partial charge in [-0.15, -0.1) is 0 Å². The van der Waals surface area contributed by atoms with E-state index in [0.29, 0.717) is 19.4 Å². The molecule has 0 aromatic carbocycles. The van der Waals surface area contributed by atoms with Crippen LogP contribution in [-0.2, 0) is 23.8 Å². The smallest absolute Gasteiger partial charge is 0.306 e. The third-order valence-electron chi connectivity index (χ3n) is 11.9. The van der Waals surface area contributed by atoms with Gasteiger partial charge in [0.15, 0.2) is 6.10 Å². The lowest BCUT2D eigenvalue weighted by atomic mass is 10.0. The largest absolute Gasteiger partial charge is 0.462 e. The molecule has 0 spiro atoms. The van der Waals surface area contributed by atoms with E-state index in [4.69, 9.17) is 14.2 Å². The topological polar surface area (TPSA) is 61.8 Å². The van der Waals surface area contributed by atoms with Crippen molar-refractivity contribution >= 4 is 11.9 Å². The van der Waals surface area contributed by atoms with E-state index in [-0.39, 0.29) is 25.2 Å². The minimum absolute atomic E-state index is 0.0686. The van der Waals surface area contributed by atoms with Gasteiger partial charge >= 0.3 is 11.9 Å². The van der Waals surface area contributed by atoms with E-state index < -0.39 is 6.10 Å². The Labute approximate surface area is 386 Å². The molecule has 0 fully saturated rings. The first-order valence-corrected chi connectivity index (χ1v) is 27.2. The zero-order chi connectivity index (χ0) is 44.9. The Hall–Kier alpha value is -2.14. The number of hydrogen-bond acceptors (Lipinski definition) is 5. The lowest BCUT2D eigenvalue weighted by Crippen LogP contribution is -2.30. The number of allylic oxidation sites excluding steroid dienone is 8. The Kier molecular flexibility index (Phi) is 51.4. The third kappa shape index (κ3) is 50.5. The normalized spacial score (nSPS) is 12.5. The van der Waals surface area contributed by atoms with Gasteiger partial charge < -0.3 is 14.2 Å². The second-order valence-corrected chi connectivity index (χ2v) is 18.1. The molecule has 0 radical (unpaired) electrons. The minimum atomic E-state index is -0.560. The Bertz CT molecular complexity index is 1030. The molecule has 5 heteroatoms. The average Bonchev–Trinajstić information content (AvgIpc) is 3.27. The number of esters is 2. The lowest BCUT2D eigenvalue weighted by Gasteiger charge is -2.18. The van der Waals surface area contributed by atoms with Crippen molar-refractivity contribution in [2.24, 2.45) is 0 Å². The van der Waals surface area contributed by atoms with Crippen LogP contribution in [0.4, 0.5) is 0 Å². The first-order chi connectivity index (χ1) is 30.6. The summed E-state index contributed by atoms with van der Waals surface area (Å²) in [6.45, 7) is 7.79. The second kappa shape index (κ2) is 53.2. The zero-order valence-electron chi connectivity index (χ0n) is 41.6. The van der Waals surface area contributed by atoms with Crippen molar-refractivity contribution in [3.63, 3.8) is 0 Å². The Morgan fingerprint density at radius 2 is 0.694 bits per heavy atom. The number of ether oxygens (including phenoxy) is 3. The van der Waals surface area contributed by atoms with Gasteiger partial charge in [-0.05, 0) is 57.8 Å². The Balaban J connectivity index is 4.32.